The fourth-order valence-corrected chi connectivity index (χ4v) is 1.66. The van der Waals surface area contributed by atoms with Gasteiger partial charge in [0.05, 0.1) is 11.5 Å². The average molecular weight is 237 g/mol. The van der Waals surface area contributed by atoms with E-state index in [0.717, 1.165) is 0 Å². The Balaban J connectivity index is 2.36. The van der Waals surface area contributed by atoms with Gasteiger partial charge >= 0.3 is 0 Å². The summed E-state index contributed by atoms with van der Waals surface area (Å²) in [7, 11) is 0. The smallest absolute Gasteiger partial charge is 0.189 e. The molecule has 0 radical (unpaired) electrons. The second-order valence-electron chi connectivity index (χ2n) is 2.55. The van der Waals surface area contributed by atoms with Gasteiger partial charge in [0.25, 0.3) is 0 Å². The van der Waals surface area contributed by atoms with E-state index in [9.17, 15) is 8.60 Å². The van der Waals surface area contributed by atoms with Crippen molar-refractivity contribution in [1.82, 2.24) is 0 Å². The normalized spacial score (nSPS) is 15.0. The van der Waals surface area contributed by atoms with Crippen molar-refractivity contribution in [1.29, 1.82) is 0 Å². The van der Waals surface area contributed by atoms with Crippen LogP contribution in [0.3, 0.4) is 0 Å². The van der Waals surface area contributed by atoms with Gasteiger partial charge in [-0.2, -0.15) is 0 Å². The molecule has 0 aromatic heterocycles. The van der Waals surface area contributed by atoms with Crippen molar-refractivity contribution in [3.8, 4) is 0 Å². The Labute approximate surface area is 89.7 Å². The summed E-state index contributed by atoms with van der Waals surface area (Å²) in [6.45, 7) is 0.0478. The first kappa shape index (κ1) is 11.6. The zero-order chi connectivity index (χ0) is 10.4. The van der Waals surface area contributed by atoms with Gasteiger partial charge in [0.2, 0.25) is 0 Å². The van der Waals surface area contributed by atoms with Crippen LogP contribution in [0.4, 0.5) is 4.39 Å². The van der Waals surface area contributed by atoms with Gasteiger partial charge in [-0.15, -0.1) is 0 Å². The first-order valence-electron chi connectivity index (χ1n) is 4.08. The highest BCUT2D eigenvalue weighted by atomic mass is 35.5. The lowest BCUT2D eigenvalue weighted by Crippen LogP contribution is -2.03. The number of rotatable bonds is 5. The third-order valence-electron chi connectivity index (χ3n) is 1.46. The van der Waals surface area contributed by atoms with E-state index in [4.69, 9.17) is 15.8 Å². The van der Waals surface area contributed by atoms with E-state index >= 15 is 0 Å². The predicted molar refractivity (Wildman–Crippen MR) is 54.2 cm³/mol. The Hall–Kier alpha value is -0.450. The molecule has 0 saturated heterocycles. The second-order valence-corrected chi connectivity index (χ2v) is 4.20. The molecule has 0 heterocycles. The van der Waals surface area contributed by atoms with Crippen LogP contribution in [0.15, 0.2) is 35.2 Å². The molecule has 1 aromatic carbocycles. The molecule has 78 valence electrons. The fourth-order valence-electron chi connectivity index (χ4n) is 0.813. The summed E-state index contributed by atoms with van der Waals surface area (Å²) in [5, 5.41) is 0. The SMILES string of the molecule is O=S(OCCC(F)Cl)c1ccccc1. The van der Waals surface area contributed by atoms with E-state index in [0.29, 0.717) is 4.90 Å². The molecule has 0 amide bonds. The van der Waals surface area contributed by atoms with Crippen molar-refractivity contribution in [2.45, 2.75) is 16.9 Å². The van der Waals surface area contributed by atoms with Crippen molar-refractivity contribution in [2.24, 2.45) is 0 Å². The van der Waals surface area contributed by atoms with E-state index in [-0.39, 0.29) is 13.0 Å². The van der Waals surface area contributed by atoms with Crippen LogP contribution in [0.1, 0.15) is 6.42 Å². The van der Waals surface area contributed by atoms with Crippen molar-refractivity contribution in [3.63, 3.8) is 0 Å². The highest BCUT2D eigenvalue weighted by molar-refractivity contribution is 7.80. The molecule has 2 unspecified atom stereocenters. The van der Waals surface area contributed by atoms with Crippen LogP contribution in [-0.4, -0.2) is 16.4 Å². The third kappa shape index (κ3) is 4.17. The van der Waals surface area contributed by atoms with Crippen LogP contribution in [0.25, 0.3) is 0 Å². The summed E-state index contributed by atoms with van der Waals surface area (Å²) in [5.41, 5.74) is -1.44. The minimum Gasteiger partial charge on any atom is -0.287 e. The van der Waals surface area contributed by atoms with Crippen LogP contribution < -0.4 is 0 Å². The summed E-state index contributed by atoms with van der Waals surface area (Å²) >= 11 is 3.54. The summed E-state index contributed by atoms with van der Waals surface area (Å²) in [6, 6.07) is 8.71. The quantitative estimate of drug-likeness (QED) is 0.735. The Kier molecular flexibility index (Phi) is 5.07. The minimum absolute atomic E-state index is 0.0418. The van der Waals surface area contributed by atoms with E-state index in [1.165, 1.54) is 0 Å². The molecule has 0 spiro atoms. The van der Waals surface area contributed by atoms with Crippen molar-refractivity contribution in [2.75, 3.05) is 6.61 Å². The molecule has 0 aliphatic rings. The number of hydrogen-bond donors (Lipinski definition) is 0. The lowest BCUT2D eigenvalue weighted by Gasteiger charge is -2.02. The van der Waals surface area contributed by atoms with E-state index in [1.807, 2.05) is 6.07 Å². The molecule has 0 aliphatic heterocycles. The summed E-state index contributed by atoms with van der Waals surface area (Å²) in [5.74, 6) is 0. The van der Waals surface area contributed by atoms with E-state index in [2.05, 4.69) is 0 Å². The molecule has 0 fully saturated rings. The molecule has 0 saturated carbocycles. The van der Waals surface area contributed by atoms with Gasteiger partial charge in [0, 0.05) is 6.42 Å². The molecule has 14 heavy (non-hydrogen) atoms. The average Bonchev–Trinajstić information content (AvgIpc) is 2.18. The van der Waals surface area contributed by atoms with Crippen molar-refractivity contribution >= 4 is 22.7 Å². The van der Waals surface area contributed by atoms with Crippen LogP contribution in [-0.2, 0) is 15.3 Å². The third-order valence-corrected chi connectivity index (χ3v) is 2.72. The van der Waals surface area contributed by atoms with E-state index < -0.39 is 16.7 Å². The highest BCUT2D eigenvalue weighted by Crippen LogP contribution is 2.09. The molecule has 2 atom stereocenters. The van der Waals surface area contributed by atoms with Crippen LogP contribution in [0, 0.1) is 0 Å². The number of benzene rings is 1. The zero-order valence-corrected chi connectivity index (χ0v) is 8.93. The number of alkyl halides is 2. The maximum atomic E-state index is 12.1. The van der Waals surface area contributed by atoms with Gasteiger partial charge in [-0.05, 0) is 12.1 Å². The molecular formula is C9H10ClFO2S. The molecule has 1 rings (SSSR count). The second kappa shape index (κ2) is 6.11. The van der Waals surface area contributed by atoms with Gasteiger partial charge in [0.15, 0.2) is 16.7 Å². The standard InChI is InChI=1S/C9H10ClFO2S/c10-9(11)6-7-13-14(12)8-4-2-1-3-5-8/h1-5,9H,6-7H2. The van der Waals surface area contributed by atoms with Crippen LogP contribution in [0.5, 0.6) is 0 Å². The van der Waals surface area contributed by atoms with Gasteiger partial charge in [-0.25, -0.2) is 8.60 Å². The Morgan fingerprint density at radius 3 is 2.64 bits per heavy atom. The maximum Gasteiger partial charge on any atom is 0.189 e. The summed E-state index contributed by atoms with van der Waals surface area (Å²) in [4.78, 5) is 0.567. The molecule has 5 heteroatoms. The van der Waals surface area contributed by atoms with E-state index in [1.54, 1.807) is 24.3 Å². The van der Waals surface area contributed by atoms with Crippen LogP contribution in [0.2, 0.25) is 0 Å². The Morgan fingerprint density at radius 1 is 1.43 bits per heavy atom. The van der Waals surface area contributed by atoms with Crippen LogP contribution >= 0.6 is 11.6 Å². The molecule has 0 N–H and O–H groups in total. The van der Waals surface area contributed by atoms with Crippen molar-refractivity contribution in [3.05, 3.63) is 30.3 Å². The topological polar surface area (TPSA) is 26.3 Å². The fraction of sp³-hybridized carbons (Fsp3) is 0.333. The number of hydrogen-bond acceptors (Lipinski definition) is 2. The van der Waals surface area contributed by atoms with Gasteiger partial charge in [0.1, 0.15) is 0 Å². The monoisotopic (exact) mass is 236 g/mol. The first-order valence-corrected chi connectivity index (χ1v) is 5.59. The van der Waals surface area contributed by atoms with Gasteiger partial charge in [-0.1, -0.05) is 29.8 Å². The first-order chi connectivity index (χ1) is 6.70. The van der Waals surface area contributed by atoms with Gasteiger partial charge < -0.3 is 0 Å². The highest BCUT2D eigenvalue weighted by Gasteiger charge is 2.05. The molecule has 0 aliphatic carbocycles. The van der Waals surface area contributed by atoms with Gasteiger partial charge in [-0.3, -0.25) is 4.18 Å². The maximum absolute atomic E-state index is 12.1. The molecular weight excluding hydrogens is 227 g/mol. The minimum atomic E-state index is -1.53. The Bertz CT molecular complexity index is 292. The lowest BCUT2D eigenvalue weighted by atomic mass is 10.4. The molecule has 0 bridgehead atoms. The molecule has 1 aromatic rings. The zero-order valence-electron chi connectivity index (χ0n) is 7.36. The van der Waals surface area contributed by atoms with Crippen molar-refractivity contribution < 1.29 is 12.8 Å². The lowest BCUT2D eigenvalue weighted by molar-refractivity contribution is 0.297. The predicted octanol–water partition coefficient (Wildman–Crippen LogP) is 2.65. The largest absolute Gasteiger partial charge is 0.287 e. The Morgan fingerprint density at radius 2 is 2.07 bits per heavy atom. The summed E-state index contributed by atoms with van der Waals surface area (Å²) < 4.78 is 28.4. The summed E-state index contributed by atoms with van der Waals surface area (Å²) in [6.07, 6.45) is 0.0418. The molecule has 2 nitrogen and oxygen atoms in total. The number of halogens is 2.